The fourth-order valence-corrected chi connectivity index (χ4v) is 1.92. The van der Waals surface area contributed by atoms with Crippen molar-refractivity contribution in [2.45, 2.75) is 20.0 Å². The van der Waals surface area contributed by atoms with E-state index in [0.29, 0.717) is 11.5 Å². The number of aliphatic hydroxyl groups is 1. The Morgan fingerprint density at radius 3 is 2.63 bits per heavy atom. The quantitative estimate of drug-likeness (QED) is 0.918. The average molecular weight is 260 g/mol. The number of aromatic nitrogens is 1. The second-order valence-corrected chi connectivity index (χ2v) is 4.35. The third-order valence-electron chi connectivity index (χ3n) is 3.03. The summed E-state index contributed by atoms with van der Waals surface area (Å²) in [4.78, 5) is 6.15. The zero-order valence-corrected chi connectivity index (χ0v) is 11.1. The van der Waals surface area contributed by atoms with Crippen molar-refractivity contribution in [3.63, 3.8) is 0 Å². The molecular weight excluding hydrogens is 243 g/mol. The van der Waals surface area contributed by atoms with Gasteiger partial charge < -0.3 is 10.0 Å². The molecule has 0 bridgehead atoms. The highest BCUT2D eigenvalue weighted by atomic mass is 19.1. The van der Waals surface area contributed by atoms with Crippen LogP contribution in [0.5, 0.6) is 0 Å². The third kappa shape index (κ3) is 2.90. The standard InChI is InChI=1S/C15H17FN2O/c1-3-12-8-11(10-19)9-15(17-12)18(2)14-7-5-4-6-13(14)16/h4-9,19H,3,10H2,1-2H3. The summed E-state index contributed by atoms with van der Waals surface area (Å²) in [5.41, 5.74) is 2.13. The fraction of sp³-hybridized carbons (Fsp3) is 0.267. The first kappa shape index (κ1) is 13.5. The molecule has 3 nitrogen and oxygen atoms in total. The van der Waals surface area contributed by atoms with Crippen LogP contribution in [0.15, 0.2) is 36.4 Å². The lowest BCUT2D eigenvalue weighted by Gasteiger charge is -2.20. The van der Waals surface area contributed by atoms with Gasteiger partial charge in [0.25, 0.3) is 0 Å². The second kappa shape index (κ2) is 5.80. The molecule has 1 N–H and O–H groups in total. The summed E-state index contributed by atoms with van der Waals surface area (Å²) in [6.45, 7) is 1.95. The molecule has 0 unspecified atom stereocenters. The van der Waals surface area contributed by atoms with Crippen molar-refractivity contribution in [2.75, 3.05) is 11.9 Å². The van der Waals surface area contributed by atoms with Gasteiger partial charge in [0.1, 0.15) is 11.6 Å². The molecule has 1 aromatic heterocycles. The number of rotatable bonds is 4. The van der Waals surface area contributed by atoms with Crippen LogP contribution in [0.25, 0.3) is 0 Å². The Kier molecular flexibility index (Phi) is 4.12. The predicted molar refractivity (Wildman–Crippen MR) is 74.0 cm³/mol. The van der Waals surface area contributed by atoms with Crippen LogP contribution in [-0.4, -0.2) is 17.1 Å². The lowest BCUT2D eigenvalue weighted by molar-refractivity contribution is 0.281. The van der Waals surface area contributed by atoms with Crippen LogP contribution in [0.4, 0.5) is 15.9 Å². The van der Waals surface area contributed by atoms with Gasteiger partial charge in [0, 0.05) is 12.7 Å². The van der Waals surface area contributed by atoms with Crippen molar-refractivity contribution in [1.82, 2.24) is 4.98 Å². The molecule has 19 heavy (non-hydrogen) atoms. The molecule has 0 fully saturated rings. The van der Waals surface area contributed by atoms with E-state index in [2.05, 4.69) is 4.98 Å². The molecule has 4 heteroatoms. The topological polar surface area (TPSA) is 36.4 Å². The Hall–Kier alpha value is -1.94. The highest BCUT2D eigenvalue weighted by molar-refractivity contribution is 5.60. The van der Waals surface area contributed by atoms with Crippen LogP contribution < -0.4 is 4.90 Å². The SMILES string of the molecule is CCc1cc(CO)cc(N(C)c2ccccc2F)n1. The number of anilines is 2. The maximum Gasteiger partial charge on any atom is 0.146 e. The number of benzene rings is 1. The molecule has 0 saturated carbocycles. The maximum atomic E-state index is 13.8. The summed E-state index contributed by atoms with van der Waals surface area (Å²) >= 11 is 0. The average Bonchev–Trinajstić information content (AvgIpc) is 2.46. The maximum absolute atomic E-state index is 13.8. The Bertz CT molecular complexity index is 550. The highest BCUT2D eigenvalue weighted by Crippen LogP contribution is 2.25. The number of nitrogens with zero attached hydrogens (tertiary/aromatic N) is 2. The van der Waals surface area contributed by atoms with E-state index in [9.17, 15) is 9.50 Å². The van der Waals surface area contributed by atoms with Crippen LogP contribution in [0, 0.1) is 5.82 Å². The molecule has 0 atom stereocenters. The number of hydrogen-bond acceptors (Lipinski definition) is 3. The van der Waals surface area contributed by atoms with E-state index in [0.717, 1.165) is 17.7 Å². The van der Waals surface area contributed by atoms with E-state index in [-0.39, 0.29) is 12.4 Å². The smallest absolute Gasteiger partial charge is 0.146 e. The molecule has 0 aliphatic carbocycles. The molecule has 0 radical (unpaired) electrons. The summed E-state index contributed by atoms with van der Waals surface area (Å²) in [5.74, 6) is 0.341. The molecule has 1 heterocycles. The van der Waals surface area contributed by atoms with Gasteiger partial charge in [0.2, 0.25) is 0 Å². The first-order chi connectivity index (χ1) is 9.15. The highest BCUT2D eigenvalue weighted by Gasteiger charge is 2.11. The van der Waals surface area contributed by atoms with Crippen molar-refractivity contribution in [3.05, 3.63) is 53.5 Å². The normalized spacial score (nSPS) is 10.5. The van der Waals surface area contributed by atoms with E-state index in [1.54, 1.807) is 36.2 Å². The zero-order valence-electron chi connectivity index (χ0n) is 11.1. The monoisotopic (exact) mass is 260 g/mol. The first-order valence-electron chi connectivity index (χ1n) is 6.24. The number of pyridine rings is 1. The van der Waals surface area contributed by atoms with Gasteiger partial charge in [-0.05, 0) is 36.2 Å². The molecule has 0 spiro atoms. The van der Waals surface area contributed by atoms with Crippen molar-refractivity contribution in [3.8, 4) is 0 Å². The summed E-state index contributed by atoms with van der Waals surface area (Å²) in [7, 11) is 1.77. The Balaban J connectivity index is 2.43. The van der Waals surface area contributed by atoms with E-state index >= 15 is 0 Å². The van der Waals surface area contributed by atoms with Gasteiger partial charge in [-0.15, -0.1) is 0 Å². The number of para-hydroxylation sites is 1. The number of aliphatic hydroxyl groups excluding tert-OH is 1. The second-order valence-electron chi connectivity index (χ2n) is 4.35. The van der Waals surface area contributed by atoms with Crippen LogP contribution in [0.2, 0.25) is 0 Å². The first-order valence-corrected chi connectivity index (χ1v) is 6.24. The number of aryl methyl sites for hydroxylation is 1. The largest absolute Gasteiger partial charge is 0.392 e. The third-order valence-corrected chi connectivity index (χ3v) is 3.03. The molecular formula is C15H17FN2O. The van der Waals surface area contributed by atoms with Gasteiger partial charge in [-0.25, -0.2) is 9.37 Å². The molecule has 0 aliphatic heterocycles. The lowest BCUT2D eigenvalue weighted by Crippen LogP contribution is -2.14. The van der Waals surface area contributed by atoms with E-state index in [1.165, 1.54) is 6.07 Å². The van der Waals surface area contributed by atoms with Crippen molar-refractivity contribution in [1.29, 1.82) is 0 Å². The molecule has 2 aromatic rings. The number of hydrogen-bond donors (Lipinski definition) is 1. The van der Waals surface area contributed by atoms with Crippen molar-refractivity contribution >= 4 is 11.5 Å². The van der Waals surface area contributed by atoms with Crippen LogP contribution in [0.3, 0.4) is 0 Å². The van der Waals surface area contributed by atoms with Crippen LogP contribution in [-0.2, 0) is 13.0 Å². The zero-order chi connectivity index (χ0) is 13.8. The summed E-state index contributed by atoms with van der Waals surface area (Å²) in [5, 5.41) is 9.27. The van der Waals surface area contributed by atoms with Crippen LogP contribution >= 0.6 is 0 Å². The van der Waals surface area contributed by atoms with Gasteiger partial charge in [0.05, 0.1) is 12.3 Å². The summed E-state index contributed by atoms with van der Waals surface area (Å²) in [6, 6.07) is 10.2. The van der Waals surface area contributed by atoms with Gasteiger partial charge in [-0.2, -0.15) is 0 Å². The molecule has 100 valence electrons. The Labute approximate surface area is 112 Å². The van der Waals surface area contributed by atoms with Crippen molar-refractivity contribution in [2.24, 2.45) is 0 Å². The van der Waals surface area contributed by atoms with Gasteiger partial charge >= 0.3 is 0 Å². The minimum absolute atomic E-state index is 0.0480. The Morgan fingerprint density at radius 2 is 2.00 bits per heavy atom. The summed E-state index contributed by atoms with van der Waals surface area (Å²) in [6.07, 6.45) is 0.770. The fourth-order valence-electron chi connectivity index (χ4n) is 1.92. The Morgan fingerprint density at radius 1 is 1.26 bits per heavy atom. The predicted octanol–water partition coefficient (Wildman–Crippen LogP) is 3.04. The minimum Gasteiger partial charge on any atom is -0.392 e. The molecule has 1 aromatic carbocycles. The van der Waals surface area contributed by atoms with Gasteiger partial charge in [0.15, 0.2) is 0 Å². The summed E-state index contributed by atoms with van der Waals surface area (Å²) < 4.78 is 13.8. The van der Waals surface area contributed by atoms with E-state index in [1.807, 2.05) is 13.0 Å². The van der Waals surface area contributed by atoms with E-state index < -0.39 is 0 Å². The lowest BCUT2D eigenvalue weighted by atomic mass is 10.2. The molecule has 0 aliphatic rings. The van der Waals surface area contributed by atoms with Gasteiger partial charge in [-0.1, -0.05) is 19.1 Å². The molecule has 0 amide bonds. The minimum atomic E-state index is -0.292. The van der Waals surface area contributed by atoms with Crippen LogP contribution in [0.1, 0.15) is 18.2 Å². The molecule has 2 rings (SSSR count). The van der Waals surface area contributed by atoms with E-state index in [4.69, 9.17) is 0 Å². The van der Waals surface area contributed by atoms with Crippen molar-refractivity contribution < 1.29 is 9.50 Å². The molecule has 0 saturated heterocycles. The van der Waals surface area contributed by atoms with Gasteiger partial charge in [-0.3, -0.25) is 0 Å². The number of halogens is 1.